The Morgan fingerprint density at radius 3 is 2.74 bits per heavy atom. The second-order valence-electron chi connectivity index (χ2n) is 4.88. The fourth-order valence-corrected chi connectivity index (χ4v) is 4.34. The summed E-state index contributed by atoms with van der Waals surface area (Å²) in [6, 6.07) is 0. The van der Waals surface area contributed by atoms with Crippen molar-refractivity contribution in [1.29, 1.82) is 0 Å². The van der Waals surface area contributed by atoms with Gasteiger partial charge in [0.25, 0.3) is 0 Å². The summed E-state index contributed by atoms with van der Waals surface area (Å²) in [4.78, 5) is 10.9. The van der Waals surface area contributed by atoms with Crippen LogP contribution in [0.4, 0.5) is 0 Å². The van der Waals surface area contributed by atoms with Gasteiger partial charge < -0.3 is 5.11 Å². The predicted octanol–water partition coefficient (Wildman–Crippen LogP) is 0.512. The molecule has 7 nitrogen and oxygen atoms in total. The molecule has 0 spiro atoms. The van der Waals surface area contributed by atoms with Gasteiger partial charge in [0.15, 0.2) is 0 Å². The third-order valence-electron chi connectivity index (χ3n) is 3.37. The lowest BCUT2D eigenvalue weighted by molar-refractivity contribution is -0.137. The molecule has 0 saturated carbocycles. The van der Waals surface area contributed by atoms with Crippen molar-refractivity contribution in [1.82, 2.24) is 14.5 Å². The lowest BCUT2D eigenvalue weighted by atomic mass is 10.1. The molecule has 0 radical (unpaired) electrons. The second kappa shape index (κ2) is 4.93. The third-order valence-corrected chi connectivity index (χ3v) is 5.50. The Morgan fingerprint density at radius 2 is 2.21 bits per heavy atom. The van der Waals surface area contributed by atoms with Crippen molar-refractivity contribution in [2.45, 2.75) is 31.6 Å². The third kappa shape index (κ3) is 2.64. The molecule has 1 aliphatic rings. The Balaban J connectivity index is 2.21. The number of nitrogens with zero attached hydrogens (tertiary/aromatic N) is 2. The molecule has 8 heteroatoms. The van der Waals surface area contributed by atoms with Gasteiger partial charge in [-0.15, -0.1) is 0 Å². The van der Waals surface area contributed by atoms with Crippen molar-refractivity contribution in [3.8, 4) is 0 Å². The van der Waals surface area contributed by atoms with Crippen molar-refractivity contribution in [3.05, 3.63) is 11.4 Å². The maximum absolute atomic E-state index is 12.5. The van der Waals surface area contributed by atoms with Crippen molar-refractivity contribution in [2.75, 3.05) is 13.1 Å². The number of carboxylic acid groups (broad SMARTS) is 1. The minimum absolute atomic E-state index is 0.00930. The Kier molecular flexibility index (Phi) is 3.64. The summed E-state index contributed by atoms with van der Waals surface area (Å²) < 4.78 is 26.3. The zero-order valence-corrected chi connectivity index (χ0v) is 11.7. The number of carboxylic acids is 1. The number of carbonyl (C=O) groups is 1. The van der Waals surface area contributed by atoms with E-state index in [1.807, 2.05) is 0 Å². The first-order chi connectivity index (χ1) is 8.82. The van der Waals surface area contributed by atoms with Crippen LogP contribution in [0.2, 0.25) is 0 Å². The quantitative estimate of drug-likeness (QED) is 0.840. The minimum atomic E-state index is -3.58. The number of rotatable bonds is 4. The topological polar surface area (TPSA) is 103 Å². The number of aromatic nitrogens is 2. The summed E-state index contributed by atoms with van der Waals surface area (Å²) in [7, 11) is -3.58. The van der Waals surface area contributed by atoms with Crippen LogP contribution in [-0.4, -0.2) is 47.1 Å². The van der Waals surface area contributed by atoms with Gasteiger partial charge in [0.1, 0.15) is 4.90 Å². The standard InChI is InChI=1S/C11H17N3O4S/c1-7-11(8(2)13-12-7)19(17,18)14-4-3-9(6-14)5-10(15)16/h9H,3-6H2,1-2H3,(H,12,13)(H,15,16). The number of hydrogen-bond donors (Lipinski definition) is 2. The number of aryl methyl sites for hydroxylation is 2. The van der Waals surface area contributed by atoms with Crippen LogP contribution in [0, 0.1) is 19.8 Å². The molecular formula is C11H17N3O4S. The van der Waals surface area contributed by atoms with E-state index in [0.29, 0.717) is 24.4 Å². The molecule has 0 aliphatic carbocycles. The maximum atomic E-state index is 12.5. The molecule has 1 saturated heterocycles. The van der Waals surface area contributed by atoms with Crippen LogP contribution in [0.5, 0.6) is 0 Å². The van der Waals surface area contributed by atoms with Gasteiger partial charge in [-0.3, -0.25) is 9.89 Å². The van der Waals surface area contributed by atoms with Gasteiger partial charge in [-0.25, -0.2) is 8.42 Å². The van der Waals surface area contributed by atoms with Crippen LogP contribution in [-0.2, 0) is 14.8 Å². The average molecular weight is 287 g/mol. The van der Waals surface area contributed by atoms with E-state index in [2.05, 4.69) is 10.2 Å². The van der Waals surface area contributed by atoms with Gasteiger partial charge in [0.05, 0.1) is 11.4 Å². The van der Waals surface area contributed by atoms with E-state index in [4.69, 9.17) is 5.11 Å². The minimum Gasteiger partial charge on any atom is -0.481 e. The molecule has 106 valence electrons. The Bertz CT molecular complexity index is 574. The number of sulfonamides is 1. The molecule has 0 aromatic carbocycles. The summed E-state index contributed by atoms with van der Waals surface area (Å²) in [6.45, 7) is 3.93. The zero-order chi connectivity index (χ0) is 14.2. The van der Waals surface area contributed by atoms with E-state index in [9.17, 15) is 13.2 Å². The monoisotopic (exact) mass is 287 g/mol. The second-order valence-corrected chi connectivity index (χ2v) is 6.75. The number of nitrogens with one attached hydrogen (secondary N) is 1. The molecule has 2 rings (SSSR count). The van der Waals surface area contributed by atoms with Crippen molar-refractivity contribution in [3.63, 3.8) is 0 Å². The molecule has 2 heterocycles. The molecule has 1 aromatic rings. The Morgan fingerprint density at radius 1 is 1.53 bits per heavy atom. The van der Waals surface area contributed by atoms with E-state index < -0.39 is 16.0 Å². The van der Waals surface area contributed by atoms with Crippen LogP contribution in [0.15, 0.2) is 4.90 Å². The number of aromatic amines is 1. The highest BCUT2D eigenvalue weighted by Crippen LogP contribution is 2.28. The predicted molar refractivity (Wildman–Crippen MR) is 67.2 cm³/mol. The van der Waals surface area contributed by atoms with Crippen LogP contribution in [0.1, 0.15) is 24.2 Å². The van der Waals surface area contributed by atoms with Crippen LogP contribution in [0.25, 0.3) is 0 Å². The average Bonchev–Trinajstić information content (AvgIpc) is 2.86. The van der Waals surface area contributed by atoms with E-state index in [0.717, 1.165) is 0 Å². The molecule has 1 aromatic heterocycles. The van der Waals surface area contributed by atoms with Crippen LogP contribution in [0.3, 0.4) is 0 Å². The van der Waals surface area contributed by atoms with Crippen molar-refractivity contribution >= 4 is 16.0 Å². The van der Waals surface area contributed by atoms with Gasteiger partial charge in [-0.05, 0) is 26.2 Å². The van der Waals surface area contributed by atoms with E-state index in [1.165, 1.54) is 4.31 Å². The summed E-state index contributed by atoms with van der Waals surface area (Å²) in [5.74, 6) is -1.00. The SMILES string of the molecule is Cc1n[nH]c(C)c1S(=O)(=O)N1CCC(CC(=O)O)C1. The highest BCUT2D eigenvalue weighted by atomic mass is 32.2. The fourth-order valence-electron chi connectivity index (χ4n) is 2.48. The summed E-state index contributed by atoms with van der Waals surface area (Å²) >= 11 is 0. The first-order valence-corrected chi connectivity index (χ1v) is 7.50. The number of hydrogen-bond acceptors (Lipinski definition) is 4. The normalized spacial score (nSPS) is 20.8. The van der Waals surface area contributed by atoms with E-state index in [-0.39, 0.29) is 23.8 Å². The summed E-state index contributed by atoms with van der Waals surface area (Å²) in [6.07, 6.45) is 0.594. The van der Waals surface area contributed by atoms with Gasteiger partial charge in [-0.2, -0.15) is 9.40 Å². The first-order valence-electron chi connectivity index (χ1n) is 6.06. The molecule has 1 unspecified atom stereocenters. The molecular weight excluding hydrogens is 270 g/mol. The molecule has 1 aliphatic heterocycles. The largest absolute Gasteiger partial charge is 0.481 e. The van der Waals surface area contributed by atoms with E-state index >= 15 is 0 Å². The molecule has 2 N–H and O–H groups in total. The first kappa shape index (κ1) is 14.0. The lowest BCUT2D eigenvalue weighted by Crippen LogP contribution is -2.30. The number of aliphatic carboxylic acids is 1. The van der Waals surface area contributed by atoms with Crippen molar-refractivity contribution < 1.29 is 18.3 Å². The molecule has 0 bridgehead atoms. The number of H-pyrrole nitrogens is 1. The van der Waals surface area contributed by atoms with Gasteiger partial charge >= 0.3 is 5.97 Å². The fraction of sp³-hybridized carbons (Fsp3) is 0.636. The Hall–Kier alpha value is -1.41. The lowest BCUT2D eigenvalue weighted by Gasteiger charge is -2.16. The highest BCUT2D eigenvalue weighted by molar-refractivity contribution is 7.89. The van der Waals surface area contributed by atoms with Gasteiger partial charge in [0, 0.05) is 19.5 Å². The van der Waals surface area contributed by atoms with Crippen LogP contribution >= 0.6 is 0 Å². The molecule has 0 amide bonds. The smallest absolute Gasteiger partial charge is 0.303 e. The maximum Gasteiger partial charge on any atom is 0.303 e. The Labute approximate surface area is 111 Å². The van der Waals surface area contributed by atoms with Gasteiger partial charge in [-0.1, -0.05) is 0 Å². The highest BCUT2D eigenvalue weighted by Gasteiger charge is 2.35. The van der Waals surface area contributed by atoms with Gasteiger partial charge in [0.2, 0.25) is 10.0 Å². The van der Waals surface area contributed by atoms with E-state index in [1.54, 1.807) is 13.8 Å². The zero-order valence-electron chi connectivity index (χ0n) is 10.9. The molecule has 19 heavy (non-hydrogen) atoms. The summed E-state index contributed by atoms with van der Waals surface area (Å²) in [5, 5.41) is 15.3. The molecule has 1 fully saturated rings. The summed E-state index contributed by atoms with van der Waals surface area (Å²) in [5.41, 5.74) is 0.957. The van der Waals surface area contributed by atoms with Crippen LogP contribution < -0.4 is 0 Å². The molecule has 1 atom stereocenters. The van der Waals surface area contributed by atoms with Crippen molar-refractivity contribution in [2.24, 2.45) is 5.92 Å².